The van der Waals surface area contributed by atoms with Gasteiger partial charge in [-0.1, -0.05) is 6.92 Å². The summed E-state index contributed by atoms with van der Waals surface area (Å²) in [6.07, 6.45) is 4.46. The molecular weight excluding hydrogens is 354 g/mol. The Balaban J connectivity index is 1.54. The van der Waals surface area contributed by atoms with Crippen LogP contribution in [0.2, 0.25) is 0 Å². The molecule has 0 bridgehead atoms. The van der Waals surface area contributed by atoms with E-state index in [0.29, 0.717) is 28.4 Å². The Bertz CT molecular complexity index is 1010. The van der Waals surface area contributed by atoms with Crippen molar-refractivity contribution >= 4 is 23.8 Å². The maximum Gasteiger partial charge on any atom is 0.246 e. The highest BCUT2D eigenvalue weighted by Gasteiger charge is 2.16. The van der Waals surface area contributed by atoms with Crippen molar-refractivity contribution in [2.24, 2.45) is 0 Å². The highest BCUT2D eigenvalue weighted by atomic mass is 32.1. The number of rotatable bonds is 5. The van der Waals surface area contributed by atoms with Crippen molar-refractivity contribution in [2.75, 3.05) is 12.1 Å². The second-order valence-corrected chi connectivity index (χ2v) is 6.07. The van der Waals surface area contributed by atoms with Crippen LogP contribution in [0.25, 0.3) is 0 Å². The van der Waals surface area contributed by atoms with Gasteiger partial charge in [-0.3, -0.25) is 9.47 Å². The Kier molecular flexibility index (Phi) is 4.21. The lowest BCUT2D eigenvalue weighted by molar-refractivity contribution is -0.116. The molecule has 9 heteroatoms. The number of aryl methyl sites for hydroxylation is 1. The fraction of sp³-hybridized carbons (Fsp3) is 0.235. The third-order valence-electron chi connectivity index (χ3n) is 3.97. The molecule has 26 heavy (non-hydrogen) atoms. The highest BCUT2D eigenvalue weighted by Crippen LogP contribution is 2.34. The number of nitrogens with zero attached hydrogens (tertiary/aromatic N) is 4. The molecule has 0 saturated carbocycles. The van der Waals surface area contributed by atoms with Gasteiger partial charge in [0.25, 0.3) is 0 Å². The number of amides is 1. The number of aromatic nitrogens is 4. The summed E-state index contributed by atoms with van der Waals surface area (Å²) in [5, 5.41) is 7.30. The number of hydrogen-bond donors (Lipinski definition) is 1. The molecule has 0 radical (unpaired) electrons. The molecular formula is C17H17N5O3S. The van der Waals surface area contributed by atoms with Gasteiger partial charge in [0, 0.05) is 30.6 Å². The van der Waals surface area contributed by atoms with Crippen LogP contribution in [-0.2, 0) is 17.8 Å². The summed E-state index contributed by atoms with van der Waals surface area (Å²) in [5.41, 5.74) is 0.631. The van der Waals surface area contributed by atoms with Crippen LogP contribution in [0, 0.1) is 4.77 Å². The highest BCUT2D eigenvalue weighted by molar-refractivity contribution is 7.71. The van der Waals surface area contributed by atoms with Crippen LogP contribution < -0.4 is 14.8 Å². The van der Waals surface area contributed by atoms with Crippen molar-refractivity contribution in [1.82, 2.24) is 19.1 Å². The van der Waals surface area contributed by atoms with E-state index in [1.807, 2.05) is 40.8 Å². The molecule has 1 amide bonds. The van der Waals surface area contributed by atoms with E-state index in [1.54, 1.807) is 18.2 Å². The zero-order valence-corrected chi connectivity index (χ0v) is 14.9. The quantitative estimate of drug-likeness (QED) is 0.698. The van der Waals surface area contributed by atoms with E-state index in [0.717, 1.165) is 5.82 Å². The minimum atomic E-state index is -0.222. The van der Waals surface area contributed by atoms with Gasteiger partial charge in [-0.2, -0.15) is 5.10 Å². The third kappa shape index (κ3) is 2.97. The molecule has 8 nitrogen and oxygen atoms in total. The molecule has 0 fully saturated rings. The second-order valence-electron chi connectivity index (χ2n) is 5.70. The molecule has 3 aromatic rings. The molecule has 4 rings (SSSR count). The Labute approximate surface area is 154 Å². The maximum atomic E-state index is 12.4. The van der Waals surface area contributed by atoms with E-state index >= 15 is 0 Å². The second kappa shape index (κ2) is 6.68. The van der Waals surface area contributed by atoms with Crippen molar-refractivity contribution < 1.29 is 14.3 Å². The van der Waals surface area contributed by atoms with E-state index in [-0.39, 0.29) is 19.2 Å². The number of fused-ring (bicyclic) bond motifs is 1. The summed E-state index contributed by atoms with van der Waals surface area (Å²) in [7, 11) is 0. The van der Waals surface area contributed by atoms with Crippen molar-refractivity contribution in [1.29, 1.82) is 0 Å². The standard InChI is InChI=1S/C17H17N5O3S/c1-2-15-19-21(17(26)22(15)20-7-3-4-8-20)10-16(23)18-12-5-6-13-14(9-12)25-11-24-13/h3-9H,2,10-11H2,1H3,(H,18,23). The summed E-state index contributed by atoms with van der Waals surface area (Å²) >= 11 is 5.50. The minimum absolute atomic E-state index is 0.0224. The number of anilines is 1. The van der Waals surface area contributed by atoms with Gasteiger partial charge in [-0.25, -0.2) is 9.36 Å². The third-order valence-corrected chi connectivity index (χ3v) is 4.35. The fourth-order valence-corrected chi connectivity index (χ4v) is 3.07. The molecule has 134 valence electrons. The Morgan fingerprint density at radius 2 is 2.04 bits per heavy atom. The van der Waals surface area contributed by atoms with Crippen LogP contribution in [0.5, 0.6) is 11.5 Å². The maximum absolute atomic E-state index is 12.4. The molecule has 0 unspecified atom stereocenters. The Morgan fingerprint density at radius 3 is 2.81 bits per heavy atom. The van der Waals surface area contributed by atoms with E-state index in [4.69, 9.17) is 21.7 Å². The number of ether oxygens (including phenoxy) is 2. The van der Waals surface area contributed by atoms with E-state index in [2.05, 4.69) is 10.4 Å². The monoisotopic (exact) mass is 371 g/mol. The van der Waals surface area contributed by atoms with Gasteiger partial charge >= 0.3 is 0 Å². The molecule has 0 aliphatic carbocycles. The Hall–Kier alpha value is -3.07. The largest absolute Gasteiger partial charge is 0.454 e. The molecule has 1 aliphatic heterocycles. The fourth-order valence-electron chi connectivity index (χ4n) is 2.77. The van der Waals surface area contributed by atoms with Gasteiger partial charge in [-0.05, 0) is 36.5 Å². The Morgan fingerprint density at radius 1 is 1.27 bits per heavy atom. The summed E-state index contributed by atoms with van der Waals surface area (Å²) in [6.45, 7) is 2.21. The molecule has 1 N–H and O–H groups in total. The number of carbonyl (C=O) groups excluding carboxylic acids is 1. The molecule has 3 heterocycles. The molecule has 0 spiro atoms. The van der Waals surface area contributed by atoms with Crippen LogP contribution in [-0.4, -0.2) is 31.8 Å². The SMILES string of the molecule is CCc1nn(CC(=O)Nc2ccc3c(c2)OCO3)c(=S)n1-n1cccc1. The van der Waals surface area contributed by atoms with Gasteiger partial charge in [0.1, 0.15) is 6.54 Å². The van der Waals surface area contributed by atoms with Gasteiger partial charge < -0.3 is 14.8 Å². The summed E-state index contributed by atoms with van der Waals surface area (Å²) in [4.78, 5) is 12.4. The zero-order chi connectivity index (χ0) is 18.1. The predicted octanol–water partition coefficient (Wildman–Crippen LogP) is 2.46. The summed E-state index contributed by atoms with van der Waals surface area (Å²) in [6, 6.07) is 9.07. The van der Waals surface area contributed by atoms with Gasteiger partial charge in [0.05, 0.1) is 0 Å². The summed E-state index contributed by atoms with van der Waals surface area (Å²) in [5.74, 6) is 1.84. The van der Waals surface area contributed by atoms with Crippen molar-refractivity contribution in [2.45, 2.75) is 19.9 Å². The van der Waals surface area contributed by atoms with E-state index in [1.165, 1.54) is 4.68 Å². The first-order valence-corrected chi connectivity index (χ1v) is 8.58. The lowest BCUT2D eigenvalue weighted by Gasteiger charge is -2.07. The van der Waals surface area contributed by atoms with Crippen molar-refractivity contribution in [3.05, 3.63) is 53.3 Å². The number of benzene rings is 1. The first-order chi connectivity index (χ1) is 12.7. The van der Waals surface area contributed by atoms with E-state index < -0.39 is 0 Å². The predicted molar refractivity (Wildman–Crippen MR) is 96.9 cm³/mol. The lowest BCUT2D eigenvalue weighted by atomic mass is 10.3. The topological polar surface area (TPSA) is 75.2 Å². The van der Waals surface area contributed by atoms with Crippen LogP contribution in [0.1, 0.15) is 12.7 Å². The van der Waals surface area contributed by atoms with Crippen molar-refractivity contribution in [3.8, 4) is 11.5 Å². The van der Waals surface area contributed by atoms with Crippen molar-refractivity contribution in [3.63, 3.8) is 0 Å². The minimum Gasteiger partial charge on any atom is -0.454 e. The molecule has 1 aromatic carbocycles. The average molecular weight is 371 g/mol. The number of hydrogen-bond acceptors (Lipinski definition) is 5. The normalized spacial score (nSPS) is 12.3. The number of nitrogens with one attached hydrogen (secondary N) is 1. The lowest BCUT2D eigenvalue weighted by Crippen LogP contribution is -2.20. The first kappa shape index (κ1) is 16.4. The molecule has 1 aliphatic rings. The first-order valence-electron chi connectivity index (χ1n) is 8.17. The van der Waals surface area contributed by atoms with Crippen LogP contribution in [0.15, 0.2) is 42.7 Å². The van der Waals surface area contributed by atoms with Gasteiger partial charge in [0.15, 0.2) is 17.3 Å². The average Bonchev–Trinajstić information content (AvgIpc) is 3.35. The van der Waals surface area contributed by atoms with Crippen LogP contribution in [0.4, 0.5) is 5.69 Å². The molecule has 2 aromatic heterocycles. The van der Waals surface area contributed by atoms with E-state index in [9.17, 15) is 4.79 Å². The van der Waals surface area contributed by atoms with Crippen LogP contribution >= 0.6 is 12.2 Å². The van der Waals surface area contributed by atoms with Crippen LogP contribution in [0.3, 0.4) is 0 Å². The zero-order valence-electron chi connectivity index (χ0n) is 14.1. The van der Waals surface area contributed by atoms with Gasteiger partial charge in [0.2, 0.25) is 17.5 Å². The molecule has 0 saturated heterocycles. The molecule has 0 atom stereocenters. The smallest absolute Gasteiger partial charge is 0.246 e. The van der Waals surface area contributed by atoms with Gasteiger partial charge in [-0.15, -0.1) is 0 Å². The summed E-state index contributed by atoms with van der Waals surface area (Å²) < 4.78 is 16.2. The number of carbonyl (C=O) groups is 1.